The fourth-order valence-corrected chi connectivity index (χ4v) is 3.67. The van der Waals surface area contributed by atoms with Crippen molar-refractivity contribution < 1.29 is 27.8 Å². The largest absolute Gasteiger partial charge is 0.457 e. The monoisotopic (exact) mass is 536 g/mol. The standard InChI is InChI=1S/C32H22F2N2O4/c33-23-5-1-21(2-6-23)31(37)35-25-9-13-27(14-10-25)39-29-17-19-30(20-18-29)40-28-15-11-26(12-16-28)36-32(38)22-3-7-24(34)8-4-22/h1-20H,(H,35,37)(H,36,38). The zero-order valence-corrected chi connectivity index (χ0v) is 20.9. The van der Waals surface area contributed by atoms with Crippen LogP contribution in [0.1, 0.15) is 20.7 Å². The maximum Gasteiger partial charge on any atom is 0.255 e. The van der Waals surface area contributed by atoms with E-state index in [1.807, 2.05) is 0 Å². The molecule has 0 heterocycles. The van der Waals surface area contributed by atoms with Crippen LogP contribution in [0.25, 0.3) is 0 Å². The van der Waals surface area contributed by atoms with Crippen LogP contribution in [0.5, 0.6) is 23.0 Å². The van der Waals surface area contributed by atoms with E-state index >= 15 is 0 Å². The van der Waals surface area contributed by atoms with Crippen molar-refractivity contribution >= 4 is 23.2 Å². The number of halogens is 2. The van der Waals surface area contributed by atoms with Gasteiger partial charge in [-0.05, 0) is 121 Å². The van der Waals surface area contributed by atoms with Gasteiger partial charge < -0.3 is 20.1 Å². The number of anilines is 2. The summed E-state index contributed by atoms with van der Waals surface area (Å²) in [6, 6.07) is 31.4. The first-order valence-corrected chi connectivity index (χ1v) is 12.2. The zero-order chi connectivity index (χ0) is 27.9. The van der Waals surface area contributed by atoms with Gasteiger partial charge in [-0.3, -0.25) is 9.59 Å². The summed E-state index contributed by atoms with van der Waals surface area (Å²) < 4.78 is 37.8. The first-order chi connectivity index (χ1) is 19.4. The van der Waals surface area contributed by atoms with Crippen LogP contribution in [0, 0.1) is 11.6 Å². The van der Waals surface area contributed by atoms with Crippen LogP contribution in [-0.4, -0.2) is 11.8 Å². The molecule has 0 atom stereocenters. The minimum absolute atomic E-state index is 0.339. The number of amides is 2. The second-order valence-corrected chi connectivity index (χ2v) is 8.65. The van der Waals surface area contributed by atoms with Crippen LogP contribution in [-0.2, 0) is 0 Å². The third-order valence-corrected chi connectivity index (χ3v) is 5.73. The molecule has 0 fully saturated rings. The molecule has 8 heteroatoms. The molecule has 0 aliphatic carbocycles. The highest BCUT2D eigenvalue weighted by molar-refractivity contribution is 6.04. The SMILES string of the molecule is O=C(Nc1ccc(Oc2ccc(Oc3ccc(NC(=O)c4ccc(F)cc4)cc3)cc2)cc1)c1ccc(F)cc1. The van der Waals surface area contributed by atoms with Gasteiger partial charge in [-0.25, -0.2) is 8.78 Å². The Morgan fingerprint density at radius 2 is 0.700 bits per heavy atom. The van der Waals surface area contributed by atoms with E-state index in [0.717, 1.165) is 0 Å². The van der Waals surface area contributed by atoms with Crippen LogP contribution in [0.15, 0.2) is 121 Å². The van der Waals surface area contributed by atoms with Gasteiger partial charge in [0.2, 0.25) is 0 Å². The van der Waals surface area contributed by atoms with Crippen LogP contribution in [0.2, 0.25) is 0 Å². The number of nitrogens with one attached hydrogen (secondary N) is 2. The Morgan fingerprint density at radius 3 is 1.00 bits per heavy atom. The summed E-state index contributed by atoms with van der Waals surface area (Å²) in [5.41, 5.74) is 1.86. The zero-order valence-electron chi connectivity index (χ0n) is 20.9. The van der Waals surface area contributed by atoms with E-state index < -0.39 is 11.6 Å². The molecular formula is C32H22F2N2O4. The molecule has 5 rings (SSSR count). The number of benzene rings is 5. The predicted molar refractivity (Wildman–Crippen MR) is 148 cm³/mol. The van der Waals surface area contributed by atoms with E-state index in [0.29, 0.717) is 45.5 Å². The Hall–Kier alpha value is -5.50. The van der Waals surface area contributed by atoms with Crippen molar-refractivity contribution in [2.45, 2.75) is 0 Å². The predicted octanol–water partition coefficient (Wildman–Crippen LogP) is 8.05. The Balaban J connectivity index is 1.12. The lowest BCUT2D eigenvalue weighted by Crippen LogP contribution is -2.11. The highest BCUT2D eigenvalue weighted by Crippen LogP contribution is 2.28. The number of carbonyl (C=O) groups excluding carboxylic acids is 2. The van der Waals surface area contributed by atoms with Crippen molar-refractivity contribution in [2.24, 2.45) is 0 Å². The third-order valence-electron chi connectivity index (χ3n) is 5.73. The molecule has 6 nitrogen and oxygen atoms in total. The normalized spacial score (nSPS) is 10.4. The van der Waals surface area contributed by atoms with Gasteiger partial charge in [0.05, 0.1) is 0 Å². The van der Waals surface area contributed by atoms with Crippen molar-refractivity contribution in [2.75, 3.05) is 10.6 Å². The quantitative estimate of drug-likeness (QED) is 0.210. The average Bonchev–Trinajstić information content (AvgIpc) is 2.97. The lowest BCUT2D eigenvalue weighted by molar-refractivity contribution is 0.101. The molecule has 0 saturated carbocycles. The summed E-state index contributed by atoms with van der Waals surface area (Å²) in [5, 5.41) is 5.51. The summed E-state index contributed by atoms with van der Waals surface area (Å²) in [4.78, 5) is 24.6. The molecule has 0 aromatic heterocycles. The van der Waals surface area contributed by atoms with Gasteiger partial charge >= 0.3 is 0 Å². The van der Waals surface area contributed by atoms with Crippen LogP contribution >= 0.6 is 0 Å². The maximum absolute atomic E-state index is 13.1. The van der Waals surface area contributed by atoms with Crippen LogP contribution < -0.4 is 20.1 Å². The second-order valence-electron chi connectivity index (χ2n) is 8.65. The smallest absolute Gasteiger partial charge is 0.255 e. The Labute approximate surface area is 228 Å². The van der Waals surface area contributed by atoms with Crippen LogP contribution in [0.3, 0.4) is 0 Å². The van der Waals surface area contributed by atoms with Gasteiger partial charge in [0.15, 0.2) is 0 Å². The second kappa shape index (κ2) is 11.9. The molecule has 0 aliphatic rings. The average molecular weight is 537 g/mol. The fraction of sp³-hybridized carbons (Fsp3) is 0. The summed E-state index contributed by atoms with van der Waals surface area (Å²) in [7, 11) is 0. The maximum atomic E-state index is 13.1. The molecule has 0 saturated heterocycles. The Kier molecular flexibility index (Phi) is 7.78. The third kappa shape index (κ3) is 6.87. The van der Waals surface area contributed by atoms with E-state index in [1.54, 1.807) is 72.8 Å². The number of rotatable bonds is 8. The molecule has 0 aliphatic heterocycles. The lowest BCUT2D eigenvalue weighted by atomic mass is 10.2. The van der Waals surface area contributed by atoms with Crippen molar-refractivity contribution in [3.05, 3.63) is 144 Å². The van der Waals surface area contributed by atoms with E-state index in [2.05, 4.69) is 10.6 Å². The van der Waals surface area contributed by atoms with Gasteiger partial charge in [0, 0.05) is 22.5 Å². The first-order valence-electron chi connectivity index (χ1n) is 12.2. The van der Waals surface area contributed by atoms with Gasteiger partial charge in [0.25, 0.3) is 11.8 Å². The van der Waals surface area contributed by atoms with Gasteiger partial charge in [-0.2, -0.15) is 0 Å². The summed E-state index contributed by atoms with van der Waals surface area (Å²) in [6.07, 6.45) is 0. The number of ether oxygens (including phenoxy) is 2. The number of carbonyl (C=O) groups is 2. The van der Waals surface area contributed by atoms with Crippen molar-refractivity contribution in [3.8, 4) is 23.0 Å². The molecule has 0 unspecified atom stereocenters. The van der Waals surface area contributed by atoms with Crippen molar-refractivity contribution in [1.29, 1.82) is 0 Å². The Morgan fingerprint density at radius 1 is 0.425 bits per heavy atom. The molecule has 198 valence electrons. The molecule has 0 radical (unpaired) electrons. The fourth-order valence-electron chi connectivity index (χ4n) is 3.67. The molecule has 2 N–H and O–H groups in total. The highest BCUT2D eigenvalue weighted by atomic mass is 19.1. The van der Waals surface area contributed by atoms with Gasteiger partial charge in [-0.1, -0.05) is 0 Å². The lowest BCUT2D eigenvalue weighted by Gasteiger charge is -2.10. The van der Waals surface area contributed by atoms with Crippen molar-refractivity contribution in [1.82, 2.24) is 0 Å². The van der Waals surface area contributed by atoms with E-state index in [-0.39, 0.29) is 11.8 Å². The summed E-state index contributed by atoms with van der Waals surface area (Å²) in [5.74, 6) is 0.849. The molecular weight excluding hydrogens is 514 g/mol. The summed E-state index contributed by atoms with van der Waals surface area (Å²) in [6.45, 7) is 0. The van der Waals surface area contributed by atoms with Gasteiger partial charge in [0.1, 0.15) is 34.6 Å². The topological polar surface area (TPSA) is 76.7 Å². The molecule has 2 amide bonds. The highest BCUT2D eigenvalue weighted by Gasteiger charge is 2.08. The minimum atomic E-state index is -0.404. The minimum Gasteiger partial charge on any atom is -0.457 e. The molecule has 5 aromatic rings. The molecule has 0 spiro atoms. The van der Waals surface area contributed by atoms with E-state index in [4.69, 9.17) is 9.47 Å². The van der Waals surface area contributed by atoms with Crippen LogP contribution in [0.4, 0.5) is 20.2 Å². The van der Waals surface area contributed by atoms with Gasteiger partial charge in [-0.15, -0.1) is 0 Å². The number of hydrogen-bond donors (Lipinski definition) is 2. The number of hydrogen-bond acceptors (Lipinski definition) is 4. The molecule has 5 aromatic carbocycles. The van der Waals surface area contributed by atoms with E-state index in [9.17, 15) is 18.4 Å². The Bertz CT molecular complexity index is 1480. The van der Waals surface area contributed by atoms with Crippen molar-refractivity contribution in [3.63, 3.8) is 0 Å². The molecule has 0 bridgehead atoms. The molecule has 40 heavy (non-hydrogen) atoms. The summed E-state index contributed by atoms with van der Waals surface area (Å²) >= 11 is 0. The first kappa shape index (κ1) is 26.1. The van der Waals surface area contributed by atoms with E-state index in [1.165, 1.54) is 48.5 Å².